The monoisotopic (exact) mass is 756 g/mol. The van der Waals surface area contributed by atoms with E-state index in [2.05, 4.69) is 66.6 Å². The molecule has 2 spiro atoms. The number of nitrogens with zero attached hydrogens (tertiary/aromatic N) is 1. The molecule has 0 aliphatic heterocycles. The summed E-state index contributed by atoms with van der Waals surface area (Å²) in [5.41, 5.74) is 1.38. The number of allylic oxidation sites excluding steroid dienone is 4. The summed E-state index contributed by atoms with van der Waals surface area (Å²) in [6, 6.07) is 18.4. The molecule has 6 nitrogen and oxygen atoms in total. The molecule has 7 fully saturated rings. The zero-order chi connectivity index (χ0) is 38.9. The van der Waals surface area contributed by atoms with Gasteiger partial charge in [-0.3, -0.25) is 4.79 Å². The Bertz CT molecular complexity index is 1930. The summed E-state index contributed by atoms with van der Waals surface area (Å²) in [5.74, 6) is 2.73. The minimum atomic E-state index is -1.08. The smallest absolute Gasteiger partial charge is 0.317 e. The number of Topliss-reactive ketones (excluding diaryl/α,β-unsaturated/α-hetero) is 1. The number of amides is 2. The van der Waals surface area contributed by atoms with E-state index in [1.165, 1.54) is 38.5 Å². The summed E-state index contributed by atoms with van der Waals surface area (Å²) >= 11 is 0. The number of carbonyl (C=O) groups is 2. The van der Waals surface area contributed by atoms with Crippen LogP contribution < -0.4 is 5.32 Å². The molecule has 2 aromatic rings. The van der Waals surface area contributed by atoms with E-state index in [1.54, 1.807) is 0 Å². The number of carbonyl (C=O) groups excluding carboxylic acids is 2. The van der Waals surface area contributed by atoms with Crippen LogP contribution in [0.1, 0.15) is 122 Å². The first kappa shape index (κ1) is 37.1. The molecule has 0 saturated heterocycles. The van der Waals surface area contributed by atoms with Crippen molar-refractivity contribution in [3.63, 3.8) is 0 Å². The van der Waals surface area contributed by atoms with Gasteiger partial charge in [-0.1, -0.05) is 86.7 Å². The van der Waals surface area contributed by atoms with Crippen molar-refractivity contribution in [3.8, 4) is 11.1 Å². The van der Waals surface area contributed by atoms with Gasteiger partial charge in [0.1, 0.15) is 0 Å². The molecular formula is C50H64N2O4. The Morgan fingerprint density at radius 3 is 2.04 bits per heavy atom. The Balaban J connectivity index is 1.02. The van der Waals surface area contributed by atoms with Crippen molar-refractivity contribution in [2.45, 2.75) is 129 Å². The van der Waals surface area contributed by atoms with Crippen LogP contribution in [0.2, 0.25) is 0 Å². The lowest BCUT2D eigenvalue weighted by molar-refractivity contribution is -0.176. The maximum Gasteiger partial charge on any atom is 0.317 e. The SMILES string of the molecule is CC(C)NC(=O)N(CC12CC3CC(CC(C3)C1)C2)CC1(O)CCC2C34C=CC5(C=C3C(=O)c3ccc(-c6ccccc6)cc3)CC(O)CCC5(C)C4CCC21C. The van der Waals surface area contributed by atoms with Crippen molar-refractivity contribution in [2.24, 2.45) is 56.7 Å². The second-order valence-corrected chi connectivity index (χ2v) is 21.5. The van der Waals surface area contributed by atoms with E-state index in [-0.39, 0.29) is 45.9 Å². The molecule has 298 valence electrons. The van der Waals surface area contributed by atoms with Crippen molar-refractivity contribution in [1.82, 2.24) is 10.2 Å². The predicted octanol–water partition coefficient (Wildman–Crippen LogP) is 9.76. The summed E-state index contributed by atoms with van der Waals surface area (Å²) in [5, 5.41) is 27.8. The highest BCUT2D eigenvalue weighted by Gasteiger charge is 2.74. The van der Waals surface area contributed by atoms with Gasteiger partial charge < -0.3 is 20.4 Å². The first-order valence-electron chi connectivity index (χ1n) is 22.3. The minimum Gasteiger partial charge on any atom is -0.393 e. The minimum absolute atomic E-state index is 0.0161. The van der Waals surface area contributed by atoms with E-state index < -0.39 is 22.5 Å². The van der Waals surface area contributed by atoms with Crippen molar-refractivity contribution < 1.29 is 19.8 Å². The highest BCUT2D eigenvalue weighted by atomic mass is 16.3. The van der Waals surface area contributed by atoms with Gasteiger partial charge in [0.25, 0.3) is 0 Å². The van der Waals surface area contributed by atoms with Crippen LogP contribution in [0.5, 0.6) is 0 Å². The van der Waals surface area contributed by atoms with Crippen molar-refractivity contribution in [2.75, 3.05) is 13.1 Å². The number of benzene rings is 2. The Morgan fingerprint density at radius 1 is 0.768 bits per heavy atom. The first-order valence-corrected chi connectivity index (χ1v) is 22.3. The second kappa shape index (κ2) is 12.6. The van der Waals surface area contributed by atoms with Gasteiger partial charge in [0, 0.05) is 40.0 Å². The molecule has 8 unspecified atom stereocenters. The molecule has 2 aromatic carbocycles. The van der Waals surface area contributed by atoms with Gasteiger partial charge >= 0.3 is 6.03 Å². The molecule has 2 amide bonds. The van der Waals surface area contributed by atoms with Crippen LogP contribution in [0.4, 0.5) is 4.79 Å². The van der Waals surface area contributed by atoms with Crippen LogP contribution in [-0.2, 0) is 0 Å². The number of hydrogen-bond acceptors (Lipinski definition) is 4. The van der Waals surface area contributed by atoms with Gasteiger partial charge in [0.15, 0.2) is 5.78 Å². The van der Waals surface area contributed by atoms with Crippen LogP contribution in [0.15, 0.2) is 78.4 Å². The van der Waals surface area contributed by atoms with E-state index in [1.807, 2.05) is 44.2 Å². The fourth-order valence-electron chi connectivity index (χ4n) is 15.9. The van der Waals surface area contributed by atoms with E-state index >= 15 is 4.79 Å². The zero-order valence-electron chi connectivity index (χ0n) is 34.2. The molecular weight excluding hydrogens is 693 g/mol. The van der Waals surface area contributed by atoms with Crippen LogP contribution in [0, 0.1) is 56.7 Å². The van der Waals surface area contributed by atoms with Crippen molar-refractivity contribution in [3.05, 3.63) is 84.0 Å². The highest BCUT2D eigenvalue weighted by molar-refractivity contribution is 6.10. The molecule has 10 aliphatic carbocycles. The number of urea groups is 1. The molecule has 8 atom stereocenters. The number of nitrogens with one attached hydrogen (secondary N) is 1. The summed E-state index contributed by atoms with van der Waals surface area (Å²) in [7, 11) is 0. The summed E-state index contributed by atoms with van der Waals surface area (Å²) < 4.78 is 0. The lowest BCUT2D eigenvalue weighted by Gasteiger charge is -2.71. The van der Waals surface area contributed by atoms with E-state index in [9.17, 15) is 15.0 Å². The molecule has 0 aromatic heterocycles. The largest absolute Gasteiger partial charge is 0.393 e. The van der Waals surface area contributed by atoms with Gasteiger partial charge in [0.05, 0.1) is 18.2 Å². The van der Waals surface area contributed by atoms with Crippen LogP contribution in [-0.4, -0.2) is 57.8 Å². The molecule has 6 heteroatoms. The molecule has 3 N–H and O–H groups in total. The number of hydrogen-bond donors (Lipinski definition) is 3. The van der Waals surface area contributed by atoms with Gasteiger partial charge in [-0.2, -0.15) is 0 Å². The second-order valence-electron chi connectivity index (χ2n) is 21.5. The van der Waals surface area contributed by atoms with Crippen LogP contribution in [0.25, 0.3) is 11.1 Å². The highest BCUT2D eigenvalue weighted by Crippen LogP contribution is 2.78. The van der Waals surface area contributed by atoms with Crippen molar-refractivity contribution in [1.29, 1.82) is 0 Å². The first-order chi connectivity index (χ1) is 26.7. The molecule has 0 radical (unpaired) electrons. The van der Waals surface area contributed by atoms with E-state index in [0.717, 1.165) is 73.1 Å². The number of aliphatic hydroxyl groups excluding tert-OH is 1. The summed E-state index contributed by atoms with van der Waals surface area (Å²) in [4.78, 5) is 31.6. The van der Waals surface area contributed by atoms with E-state index in [0.29, 0.717) is 24.9 Å². The Labute approximate surface area is 334 Å². The zero-order valence-corrected chi connectivity index (χ0v) is 34.2. The van der Waals surface area contributed by atoms with Gasteiger partial charge in [-0.25, -0.2) is 4.79 Å². The number of ketones is 1. The van der Waals surface area contributed by atoms with Crippen molar-refractivity contribution >= 4 is 11.8 Å². The molecule has 10 aliphatic rings. The average molecular weight is 757 g/mol. The lowest BCUT2D eigenvalue weighted by Crippen LogP contribution is -2.68. The number of fused-ring (bicyclic) bond motifs is 1. The Morgan fingerprint density at radius 2 is 1.38 bits per heavy atom. The fourth-order valence-corrected chi connectivity index (χ4v) is 15.9. The quantitative estimate of drug-likeness (QED) is 0.185. The topological polar surface area (TPSA) is 89.9 Å². The van der Waals surface area contributed by atoms with Gasteiger partial charge in [-0.05, 0) is 149 Å². The fraction of sp³-hybridized carbons (Fsp3) is 0.640. The van der Waals surface area contributed by atoms with Crippen LogP contribution >= 0.6 is 0 Å². The summed E-state index contributed by atoms with van der Waals surface area (Å²) in [6.45, 7) is 9.90. The molecule has 7 saturated carbocycles. The maximum absolute atomic E-state index is 15.2. The summed E-state index contributed by atoms with van der Waals surface area (Å²) in [6.07, 6.45) is 20.0. The third-order valence-corrected chi connectivity index (χ3v) is 18.1. The van der Waals surface area contributed by atoms with Gasteiger partial charge in [0.2, 0.25) is 0 Å². The third-order valence-electron chi connectivity index (χ3n) is 18.1. The molecule has 56 heavy (non-hydrogen) atoms. The predicted molar refractivity (Wildman–Crippen MR) is 221 cm³/mol. The Hall–Kier alpha value is -3.22. The van der Waals surface area contributed by atoms with E-state index in [4.69, 9.17) is 0 Å². The number of rotatable bonds is 8. The average Bonchev–Trinajstić information content (AvgIpc) is 3.43. The lowest BCUT2D eigenvalue weighted by atomic mass is 9.32. The maximum atomic E-state index is 15.2. The molecule has 6 bridgehead atoms. The van der Waals surface area contributed by atoms with Crippen LogP contribution in [0.3, 0.4) is 0 Å². The van der Waals surface area contributed by atoms with Gasteiger partial charge in [-0.15, -0.1) is 0 Å². The standard InChI is InChI=1S/C50H64N2O4/c1-32(2)51-44(55)52(30-47-25-33-22-34(26-47)24-35(23-33)27-47)31-49(56)19-16-42-46(49,4)18-15-41-45(3)17-14-39(53)28-48(45)20-21-50(41,42)40(29-48)43(54)38-12-10-37(11-13-38)36-8-6-5-7-9-36/h5-13,20-21,29,32-35,39,41-42,53,56H,14-19,22-28,30-31H2,1-4H3,(H,51,55). The Kier molecular flexibility index (Phi) is 8.37. The molecule has 12 rings (SSSR count). The number of aliphatic hydroxyl groups is 2. The normalized spacial score (nSPS) is 43.9. The third kappa shape index (κ3) is 5.25. The molecule has 0 heterocycles.